The van der Waals surface area contributed by atoms with Crippen LogP contribution in [0.1, 0.15) is 28.6 Å². The third-order valence-electron chi connectivity index (χ3n) is 2.51. The van der Waals surface area contributed by atoms with Gasteiger partial charge in [0, 0.05) is 10.1 Å². The van der Waals surface area contributed by atoms with E-state index in [1.807, 2.05) is 18.2 Å². The topological polar surface area (TPSA) is 26.3 Å². The van der Waals surface area contributed by atoms with Crippen molar-refractivity contribution in [1.29, 1.82) is 0 Å². The van der Waals surface area contributed by atoms with Crippen molar-refractivity contribution in [3.8, 4) is 0 Å². The van der Waals surface area contributed by atoms with Crippen molar-refractivity contribution in [2.75, 3.05) is 7.11 Å². The van der Waals surface area contributed by atoms with Crippen molar-refractivity contribution < 1.29 is 9.53 Å². The molecule has 0 radical (unpaired) electrons. The highest BCUT2D eigenvalue weighted by Crippen LogP contribution is 2.29. The number of thiophene rings is 1. The number of hydrogen-bond donors (Lipinski definition) is 0. The Labute approximate surface area is 105 Å². The average molecular weight is 246 g/mol. The van der Waals surface area contributed by atoms with Gasteiger partial charge in [0.25, 0.3) is 0 Å². The monoisotopic (exact) mass is 246 g/mol. The van der Waals surface area contributed by atoms with E-state index in [9.17, 15) is 4.79 Å². The van der Waals surface area contributed by atoms with E-state index in [2.05, 4.69) is 25.1 Å². The van der Waals surface area contributed by atoms with Gasteiger partial charge in [-0.1, -0.05) is 31.2 Å². The number of allylic oxidation sites excluding steroid dienone is 1. The summed E-state index contributed by atoms with van der Waals surface area (Å²) in [5.74, 6) is -0.267. The number of hydrogen-bond acceptors (Lipinski definition) is 3. The Balaban J connectivity index is 2.52. The third kappa shape index (κ3) is 2.39. The van der Waals surface area contributed by atoms with Gasteiger partial charge < -0.3 is 4.74 Å². The summed E-state index contributed by atoms with van der Waals surface area (Å²) >= 11 is 1.47. The van der Waals surface area contributed by atoms with Gasteiger partial charge in [-0.05, 0) is 24.1 Å². The second-order valence-electron chi connectivity index (χ2n) is 3.67. The molecule has 1 heterocycles. The van der Waals surface area contributed by atoms with Crippen LogP contribution in [0.2, 0.25) is 0 Å². The van der Waals surface area contributed by atoms with Gasteiger partial charge in [0.1, 0.15) is 4.88 Å². The molecule has 1 aromatic heterocycles. The first-order valence-electron chi connectivity index (χ1n) is 5.53. The number of ether oxygens (including phenoxy) is 1. The van der Waals surface area contributed by atoms with E-state index >= 15 is 0 Å². The van der Waals surface area contributed by atoms with Crippen LogP contribution in [-0.4, -0.2) is 13.1 Å². The second kappa shape index (κ2) is 5.15. The van der Waals surface area contributed by atoms with Gasteiger partial charge in [-0.2, -0.15) is 0 Å². The molecular weight excluding hydrogens is 232 g/mol. The van der Waals surface area contributed by atoms with Crippen molar-refractivity contribution >= 4 is 33.5 Å². The molecule has 1 aromatic carbocycles. The molecule has 0 N–H and O–H groups in total. The molecule has 0 atom stereocenters. The molecule has 0 unspecified atom stereocenters. The summed E-state index contributed by atoms with van der Waals surface area (Å²) in [4.78, 5) is 12.1. The lowest BCUT2D eigenvalue weighted by atomic mass is 10.1. The van der Waals surface area contributed by atoms with E-state index in [0.717, 1.165) is 22.1 Å². The van der Waals surface area contributed by atoms with E-state index in [0.29, 0.717) is 4.88 Å². The molecule has 88 valence electrons. The highest BCUT2D eigenvalue weighted by atomic mass is 32.1. The van der Waals surface area contributed by atoms with Crippen molar-refractivity contribution in [3.63, 3.8) is 0 Å². The normalized spacial score (nSPS) is 11.2. The summed E-state index contributed by atoms with van der Waals surface area (Å²) in [6.07, 6.45) is 5.21. The molecule has 2 rings (SSSR count). The molecule has 0 aliphatic carbocycles. The molecule has 0 aliphatic heterocycles. The highest BCUT2D eigenvalue weighted by molar-refractivity contribution is 7.20. The predicted octanol–water partition coefficient (Wildman–Crippen LogP) is 4.11. The van der Waals surface area contributed by atoms with Crippen LogP contribution in [0.3, 0.4) is 0 Å². The van der Waals surface area contributed by atoms with Crippen LogP contribution in [0, 0.1) is 0 Å². The quantitative estimate of drug-likeness (QED) is 0.762. The maximum atomic E-state index is 11.5. The number of fused-ring (bicyclic) bond motifs is 1. The van der Waals surface area contributed by atoms with Crippen LogP contribution in [0.15, 0.2) is 30.3 Å². The van der Waals surface area contributed by atoms with E-state index in [1.165, 1.54) is 18.4 Å². The van der Waals surface area contributed by atoms with Crippen LogP contribution < -0.4 is 0 Å². The van der Waals surface area contributed by atoms with Crippen LogP contribution in [0.4, 0.5) is 0 Å². The largest absolute Gasteiger partial charge is 0.465 e. The molecule has 0 fully saturated rings. The Bertz CT molecular complexity index is 567. The van der Waals surface area contributed by atoms with Gasteiger partial charge >= 0.3 is 5.97 Å². The Kier molecular flexibility index (Phi) is 3.59. The minimum Gasteiger partial charge on any atom is -0.465 e. The summed E-state index contributed by atoms with van der Waals surface area (Å²) < 4.78 is 5.85. The molecule has 17 heavy (non-hydrogen) atoms. The molecule has 0 amide bonds. The predicted molar refractivity (Wildman–Crippen MR) is 72.5 cm³/mol. The number of rotatable bonds is 3. The molecule has 0 saturated heterocycles. The first-order chi connectivity index (χ1) is 8.26. The van der Waals surface area contributed by atoms with E-state index in [-0.39, 0.29) is 5.97 Å². The molecule has 0 spiro atoms. The van der Waals surface area contributed by atoms with Crippen LogP contribution in [0.5, 0.6) is 0 Å². The van der Waals surface area contributed by atoms with Crippen molar-refractivity contribution in [1.82, 2.24) is 0 Å². The molecule has 0 bridgehead atoms. The maximum absolute atomic E-state index is 11.5. The average Bonchev–Trinajstić information content (AvgIpc) is 2.79. The van der Waals surface area contributed by atoms with Crippen LogP contribution in [-0.2, 0) is 4.74 Å². The lowest BCUT2D eigenvalue weighted by molar-refractivity contribution is 0.0606. The van der Waals surface area contributed by atoms with Gasteiger partial charge in [-0.3, -0.25) is 0 Å². The Morgan fingerprint density at radius 3 is 3.00 bits per heavy atom. The lowest BCUT2D eigenvalue weighted by Gasteiger charge is -1.95. The fourth-order valence-corrected chi connectivity index (χ4v) is 2.69. The van der Waals surface area contributed by atoms with Gasteiger partial charge in [0.05, 0.1) is 7.11 Å². The standard InChI is InChI=1S/C14H14O2S/c1-3-4-6-10-7-5-8-12-11(10)9-13(17-12)14(15)16-2/h4-9H,3H2,1-2H3/b6-4+. The molecule has 2 aromatic rings. The zero-order valence-electron chi connectivity index (χ0n) is 9.90. The van der Waals surface area contributed by atoms with Gasteiger partial charge in [0.2, 0.25) is 0 Å². The SMILES string of the molecule is CC/C=C/c1cccc2sc(C(=O)OC)cc12. The Morgan fingerprint density at radius 2 is 2.29 bits per heavy atom. The molecule has 3 heteroatoms. The smallest absolute Gasteiger partial charge is 0.348 e. The number of carbonyl (C=O) groups excluding carboxylic acids is 1. The molecular formula is C14H14O2S. The maximum Gasteiger partial charge on any atom is 0.348 e. The minimum atomic E-state index is -0.267. The summed E-state index contributed by atoms with van der Waals surface area (Å²) in [5, 5.41) is 1.11. The molecule has 0 aliphatic rings. The number of esters is 1. The van der Waals surface area contributed by atoms with Crippen molar-refractivity contribution in [2.24, 2.45) is 0 Å². The number of benzene rings is 1. The van der Waals surface area contributed by atoms with Gasteiger partial charge in [-0.25, -0.2) is 4.79 Å². The Morgan fingerprint density at radius 1 is 1.47 bits per heavy atom. The minimum absolute atomic E-state index is 0.267. The lowest BCUT2D eigenvalue weighted by Crippen LogP contribution is -1.96. The van der Waals surface area contributed by atoms with E-state index in [4.69, 9.17) is 4.74 Å². The van der Waals surface area contributed by atoms with Crippen molar-refractivity contribution in [2.45, 2.75) is 13.3 Å². The fraction of sp³-hybridized carbons (Fsp3) is 0.214. The van der Waals surface area contributed by atoms with E-state index in [1.54, 1.807) is 0 Å². The first-order valence-corrected chi connectivity index (χ1v) is 6.35. The number of carbonyl (C=O) groups is 1. The zero-order valence-corrected chi connectivity index (χ0v) is 10.7. The van der Waals surface area contributed by atoms with Gasteiger partial charge in [-0.15, -0.1) is 11.3 Å². The van der Waals surface area contributed by atoms with Crippen LogP contribution >= 0.6 is 11.3 Å². The highest BCUT2D eigenvalue weighted by Gasteiger charge is 2.11. The fourth-order valence-electron chi connectivity index (χ4n) is 1.67. The third-order valence-corrected chi connectivity index (χ3v) is 3.60. The molecule has 2 nitrogen and oxygen atoms in total. The van der Waals surface area contributed by atoms with Crippen molar-refractivity contribution in [3.05, 3.63) is 40.8 Å². The summed E-state index contributed by atoms with van der Waals surface area (Å²) in [7, 11) is 1.41. The summed E-state index contributed by atoms with van der Waals surface area (Å²) in [5.41, 5.74) is 1.15. The van der Waals surface area contributed by atoms with E-state index < -0.39 is 0 Å². The molecule has 0 saturated carbocycles. The number of methoxy groups -OCH3 is 1. The summed E-state index contributed by atoms with van der Waals surface area (Å²) in [6, 6.07) is 7.99. The Hall–Kier alpha value is -1.61. The van der Waals surface area contributed by atoms with Gasteiger partial charge in [0.15, 0.2) is 0 Å². The summed E-state index contributed by atoms with van der Waals surface area (Å²) in [6.45, 7) is 2.10. The zero-order chi connectivity index (χ0) is 12.3. The second-order valence-corrected chi connectivity index (χ2v) is 4.76. The first kappa shape index (κ1) is 11.9. The van der Waals surface area contributed by atoms with Crippen LogP contribution in [0.25, 0.3) is 16.2 Å².